The second-order valence-corrected chi connectivity index (χ2v) is 4.64. The lowest BCUT2D eigenvalue weighted by molar-refractivity contribution is 0.0806. The highest BCUT2D eigenvalue weighted by Crippen LogP contribution is 2.40. The van der Waals surface area contributed by atoms with Crippen LogP contribution in [0.3, 0.4) is 0 Å². The van der Waals surface area contributed by atoms with Crippen molar-refractivity contribution in [1.82, 2.24) is 0 Å². The largest absolute Gasteiger partial charge is 0.468 e. The monoisotopic (exact) mass is 235 g/mol. The Balaban J connectivity index is 2.41. The maximum atomic E-state index is 10.2. The van der Waals surface area contributed by atoms with Gasteiger partial charge in [-0.1, -0.05) is 13.0 Å². The SMILES string of the molecule is [B]C1([B])Oc2ccc(C([B])(O)C([B])(C)N)cc2O1. The lowest BCUT2D eigenvalue weighted by Crippen LogP contribution is -2.57. The van der Waals surface area contributed by atoms with Crippen LogP contribution >= 0.6 is 0 Å². The first-order valence-corrected chi connectivity index (χ1v) is 5.22. The molecule has 1 aliphatic heterocycles. The summed E-state index contributed by atoms with van der Waals surface area (Å²) in [5.41, 5.74) is 0.668. The Bertz CT molecular complexity index is 485. The molecule has 2 atom stereocenters. The molecule has 0 aliphatic carbocycles. The van der Waals surface area contributed by atoms with Gasteiger partial charge in [0.2, 0.25) is 0 Å². The first-order valence-electron chi connectivity index (χ1n) is 5.22. The van der Waals surface area contributed by atoms with Crippen LogP contribution in [0.25, 0.3) is 0 Å². The maximum Gasteiger partial charge on any atom is 0.175 e. The van der Waals surface area contributed by atoms with Crippen LogP contribution in [0.4, 0.5) is 0 Å². The molecule has 0 spiro atoms. The summed E-state index contributed by atoms with van der Waals surface area (Å²) < 4.78 is 10.2. The van der Waals surface area contributed by atoms with Crippen LogP contribution in [0, 0.1) is 0 Å². The maximum absolute atomic E-state index is 10.2. The van der Waals surface area contributed by atoms with E-state index >= 15 is 0 Å². The molecule has 2 rings (SSSR count). The van der Waals surface area contributed by atoms with E-state index in [4.69, 9.17) is 46.6 Å². The van der Waals surface area contributed by atoms with Gasteiger partial charge in [0.1, 0.15) is 7.85 Å². The van der Waals surface area contributed by atoms with Crippen LogP contribution in [0.15, 0.2) is 18.2 Å². The van der Waals surface area contributed by atoms with Gasteiger partial charge in [0.15, 0.2) is 32.8 Å². The van der Waals surface area contributed by atoms with Crippen molar-refractivity contribution in [1.29, 1.82) is 0 Å². The second-order valence-electron chi connectivity index (χ2n) is 4.64. The number of benzene rings is 1. The number of nitrogens with two attached hydrogens (primary N) is 1. The number of ether oxygens (including phenoxy) is 2. The molecule has 0 bridgehead atoms. The smallest absolute Gasteiger partial charge is 0.175 e. The molecule has 0 amide bonds. The molecule has 0 saturated carbocycles. The molecule has 84 valence electrons. The van der Waals surface area contributed by atoms with Crippen molar-refractivity contribution in [2.75, 3.05) is 0 Å². The molecule has 8 radical (unpaired) electrons. The third-order valence-electron chi connectivity index (χ3n) is 2.74. The number of hydrogen-bond acceptors (Lipinski definition) is 4. The van der Waals surface area contributed by atoms with Crippen molar-refractivity contribution in [3.8, 4) is 11.5 Å². The molecule has 0 saturated heterocycles. The summed E-state index contributed by atoms with van der Waals surface area (Å²) in [6.45, 7) is 1.40. The Hall–Kier alpha value is -1.00. The van der Waals surface area contributed by atoms with Crippen molar-refractivity contribution >= 4 is 31.4 Å². The molecule has 3 N–H and O–H groups in total. The minimum atomic E-state index is -1.94. The number of aliphatic hydroxyl groups is 1. The van der Waals surface area contributed by atoms with Crippen molar-refractivity contribution in [2.45, 2.75) is 23.4 Å². The summed E-state index contributed by atoms with van der Waals surface area (Å²) in [5.74, 6) is 0.598. The summed E-state index contributed by atoms with van der Waals surface area (Å²) in [6, 6.07) is 4.44. The van der Waals surface area contributed by atoms with Gasteiger partial charge in [0.25, 0.3) is 0 Å². The fourth-order valence-corrected chi connectivity index (χ4v) is 1.58. The lowest BCUT2D eigenvalue weighted by atomic mass is 9.55. The Labute approximate surface area is 111 Å². The van der Waals surface area contributed by atoms with Gasteiger partial charge >= 0.3 is 0 Å². The molecule has 8 heteroatoms. The quantitative estimate of drug-likeness (QED) is 0.616. The van der Waals surface area contributed by atoms with Gasteiger partial charge in [0.05, 0.1) is 13.3 Å². The number of hydrogen-bond donors (Lipinski definition) is 2. The van der Waals surface area contributed by atoms with Gasteiger partial charge in [-0.3, -0.25) is 0 Å². The predicted molar refractivity (Wildman–Crippen MR) is 69.9 cm³/mol. The molecule has 1 aromatic carbocycles. The molecule has 4 nitrogen and oxygen atoms in total. The van der Waals surface area contributed by atoms with E-state index in [2.05, 4.69) is 0 Å². The van der Waals surface area contributed by atoms with E-state index in [-0.39, 0.29) is 11.3 Å². The van der Waals surface area contributed by atoms with Crippen LogP contribution in [-0.2, 0) is 5.50 Å². The van der Waals surface area contributed by atoms with Gasteiger partial charge in [-0.25, -0.2) is 0 Å². The lowest BCUT2D eigenvalue weighted by Gasteiger charge is -2.38. The summed E-state index contributed by atoms with van der Waals surface area (Å²) in [5, 5.41) is 10.2. The van der Waals surface area contributed by atoms with E-state index in [1.807, 2.05) is 0 Å². The van der Waals surface area contributed by atoms with Crippen LogP contribution in [0.2, 0.25) is 0 Å². The summed E-state index contributed by atoms with van der Waals surface area (Å²) in [4.78, 5) is 0. The fourth-order valence-electron chi connectivity index (χ4n) is 1.58. The van der Waals surface area contributed by atoms with Crippen molar-refractivity contribution in [2.24, 2.45) is 5.73 Å². The standard InChI is InChI=1S/C10H9B4NO3/c1-8(11,15)9(12,16)5-2-3-6-7(4-5)18-10(13,14)17-6/h2-4,16H,15H2,1H3. The van der Waals surface area contributed by atoms with Gasteiger partial charge in [0, 0.05) is 0 Å². The Morgan fingerprint density at radius 2 is 1.78 bits per heavy atom. The Kier molecular flexibility index (Phi) is 2.80. The first-order chi connectivity index (χ1) is 8.03. The summed E-state index contributed by atoms with van der Waals surface area (Å²) in [7, 11) is 22.3. The van der Waals surface area contributed by atoms with Gasteiger partial charge in [-0.05, 0) is 23.1 Å². The van der Waals surface area contributed by atoms with Gasteiger partial charge in [-0.2, -0.15) is 0 Å². The minimum absolute atomic E-state index is 0.255. The first kappa shape index (κ1) is 13.4. The van der Waals surface area contributed by atoms with Crippen molar-refractivity contribution in [3.63, 3.8) is 0 Å². The highest BCUT2D eigenvalue weighted by molar-refractivity contribution is 6.38. The van der Waals surface area contributed by atoms with E-state index in [9.17, 15) is 5.11 Å². The average Bonchev–Trinajstić information content (AvgIpc) is 2.48. The molecule has 1 aliphatic rings. The molecule has 2 unspecified atom stereocenters. The average molecular weight is 234 g/mol. The number of fused-ring (bicyclic) bond motifs is 1. The zero-order valence-electron chi connectivity index (χ0n) is 9.88. The summed E-state index contributed by atoms with van der Waals surface area (Å²) in [6.07, 6.45) is 0. The van der Waals surface area contributed by atoms with Gasteiger partial charge in [-0.15, -0.1) is 0 Å². The van der Waals surface area contributed by atoms with E-state index in [1.165, 1.54) is 25.1 Å². The third kappa shape index (κ3) is 2.15. The van der Waals surface area contributed by atoms with Crippen molar-refractivity contribution < 1.29 is 14.6 Å². The van der Waals surface area contributed by atoms with Gasteiger partial charge < -0.3 is 20.3 Å². The van der Waals surface area contributed by atoms with Crippen LogP contribution < -0.4 is 15.2 Å². The van der Waals surface area contributed by atoms with E-state index in [0.717, 1.165) is 0 Å². The van der Waals surface area contributed by atoms with E-state index in [0.29, 0.717) is 5.75 Å². The zero-order valence-corrected chi connectivity index (χ0v) is 9.88. The van der Waals surface area contributed by atoms with Crippen LogP contribution in [0.5, 0.6) is 11.5 Å². The van der Waals surface area contributed by atoms with Crippen LogP contribution in [0.1, 0.15) is 12.5 Å². The fraction of sp³-hybridized carbons (Fsp3) is 0.400. The molecule has 1 heterocycles. The minimum Gasteiger partial charge on any atom is -0.468 e. The molecular weight excluding hydrogens is 225 g/mol. The highest BCUT2D eigenvalue weighted by atomic mass is 16.7. The highest BCUT2D eigenvalue weighted by Gasteiger charge is 2.38. The topological polar surface area (TPSA) is 64.7 Å². The molecule has 18 heavy (non-hydrogen) atoms. The van der Waals surface area contributed by atoms with Crippen molar-refractivity contribution in [3.05, 3.63) is 23.8 Å². The Morgan fingerprint density at radius 3 is 2.33 bits per heavy atom. The molecule has 0 fully saturated rings. The third-order valence-corrected chi connectivity index (χ3v) is 2.74. The molecule has 0 aromatic heterocycles. The molecule has 1 aromatic rings. The summed E-state index contributed by atoms with van der Waals surface area (Å²) >= 11 is 0. The second kappa shape index (κ2) is 3.75. The van der Waals surface area contributed by atoms with E-state index in [1.54, 1.807) is 0 Å². The number of rotatable bonds is 2. The molecular formula is C10H9B4NO3. The Morgan fingerprint density at radius 1 is 1.22 bits per heavy atom. The predicted octanol–water partition coefficient (Wildman–Crippen LogP) is -1.44. The van der Waals surface area contributed by atoms with E-state index < -0.39 is 16.5 Å². The normalized spacial score (nSPS) is 23.1. The van der Waals surface area contributed by atoms with Crippen LogP contribution in [-0.4, -0.2) is 47.5 Å². The zero-order chi connectivity index (χ0) is 13.8.